The molecule has 0 radical (unpaired) electrons. The van der Waals surface area contributed by atoms with E-state index in [1.165, 1.54) is 64.2 Å². The first-order chi connectivity index (χ1) is 8.31. The van der Waals surface area contributed by atoms with Gasteiger partial charge in [-0.3, -0.25) is 0 Å². The van der Waals surface area contributed by atoms with Crippen molar-refractivity contribution in [1.29, 1.82) is 0 Å². The van der Waals surface area contributed by atoms with Gasteiger partial charge in [-0.05, 0) is 12.8 Å². The number of hydrogen-bond donors (Lipinski definition) is 0. The highest BCUT2D eigenvalue weighted by Crippen LogP contribution is 2.17. The van der Waals surface area contributed by atoms with E-state index in [4.69, 9.17) is 0 Å². The minimum atomic E-state index is 0.809. The van der Waals surface area contributed by atoms with Crippen LogP contribution in [-0.2, 0) is 0 Å². The Hall–Kier alpha value is 0.210. The fourth-order valence-corrected chi connectivity index (χ4v) is 2.67. The lowest BCUT2D eigenvalue weighted by molar-refractivity contribution is 0.563. The average Bonchev–Trinajstić information content (AvgIpc) is 2.33. The van der Waals surface area contributed by atoms with Crippen LogP contribution >= 0.6 is 22.6 Å². The number of unbranched alkanes of at least 4 members (excludes halogenated alkanes) is 7. The molecule has 0 saturated carbocycles. The van der Waals surface area contributed by atoms with Crippen LogP contribution in [0.5, 0.6) is 0 Å². The topological polar surface area (TPSA) is 0 Å². The Morgan fingerprint density at radius 2 is 1.59 bits per heavy atom. The average molecular weight is 348 g/mol. The van der Waals surface area contributed by atoms with Crippen molar-refractivity contribution in [3.63, 3.8) is 0 Å². The predicted molar refractivity (Wildman–Crippen MR) is 89.0 cm³/mol. The first kappa shape index (κ1) is 17.2. The van der Waals surface area contributed by atoms with Crippen LogP contribution in [0.15, 0.2) is 24.8 Å². The van der Waals surface area contributed by atoms with Crippen molar-refractivity contribution < 1.29 is 0 Å². The van der Waals surface area contributed by atoms with Gasteiger partial charge in [0.05, 0.1) is 0 Å². The summed E-state index contributed by atoms with van der Waals surface area (Å²) in [5.41, 5.74) is 0. The Kier molecular flexibility index (Phi) is 14.4. The summed E-state index contributed by atoms with van der Waals surface area (Å²) in [4.78, 5) is 0. The zero-order chi connectivity index (χ0) is 12.8. The fraction of sp³-hybridized carbons (Fsp3) is 0.750. The Morgan fingerprint density at radius 3 is 2.18 bits per heavy atom. The van der Waals surface area contributed by atoms with Crippen molar-refractivity contribution in [2.45, 2.75) is 75.1 Å². The highest BCUT2D eigenvalue weighted by molar-refractivity contribution is 14.1. The van der Waals surface area contributed by atoms with Crippen LogP contribution in [-0.4, -0.2) is 3.92 Å². The molecule has 0 aromatic carbocycles. The van der Waals surface area contributed by atoms with Crippen LogP contribution in [0.1, 0.15) is 71.1 Å². The van der Waals surface area contributed by atoms with Gasteiger partial charge in [0.1, 0.15) is 0 Å². The van der Waals surface area contributed by atoms with Gasteiger partial charge in [-0.25, -0.2) is 0 Å². The van der Waals surface area contributed by atoms with Crippen molar-refractivity contribution in [1.82, 2.24) is 0 Å². The summed E-state index contributed by atoms with van der Waals surface area (Å²) in [7, 11) is 0. The zero-order valence-corrected chi connectivity index (χ0v) is 13.6. The van der Waals surface area contributed by atoms with Gasteiger partial charge >= 0.3 is 0 Å². The van der Waals surface area contributed by atoms with Crippen molar-refractivity contribution >= 4 is 22.6 Å². The fourth-order valence-electron chi connectivity index (χ4n) is 1.94. The molecule has 0 aromatic rings. The molecule has 0 amide bonds. The molecule has 0 spiro atoms. The summed E-state index contributed by atoms with van der Waals surface area (Å²) < 4.78 is 0.809. The molecule has 1 atom stereocenters. The largest absolute Gasteiger partial charge is 0.0991 e. The van der Waals surface area contributed by atoms with Crippen LogP contribution in [0.3, 0.4) is 0 Å². The Balaban J connectivity index is 3.16. The summed E-state index contributed by atoms with van der Waals surface area (Å²) >= 11 is 2.58. The maximum Gasteiger partial charge on any atom is 0.0144 e. The van der Waals surface area contributed by atoms with E-state index < -0.39 is 0 Å². The molecule has 100 valence electrons. The predicted octanol–water partition coefficient (Wildman–Crippen LogP) is 6.45. The van der Waals surface area contributed by atoms with Gasteiger partial charge in [-0.2, -0.15) is 0 Å². The SMILES string of the molecule is C=CC=CCC(I)CCCCCCCCCC. The minimum Gasteiger partial charge on any atom is -0.0991 e. The van der Waals surface area contributed by atoms with Crippen molar-refractivity contribution in [2.24, 2.45) is 0 Å². The zero-order valence-electron chi connectivity index (χ0n) is 11.5. The lowest BCUT2D eigenvalue weighted by Gasteiger charge is -2.06. The molecular weight excluding hydrogens is 319 g/mol. The van der Waals surface area contributed by atoms with E-state index in [1.54, 1.807) is 0 Å². The molecule has 1 unspecified atom stereocenters. The van der Waals surface area contributed by atoms with Crippen molar-refractivity contribution in [2.75, 3.05) is 0 Å². The van der Waals surface area contributed by atoms with Crippen molar-refractivity contribution in [3.05, 3.63) is 24.8 Å². The molecule has 0 aliphatic carbocycles. The molecule has 0 heterocycles. The quantitative estimate of drug-likeness (QED) is 0.164. The third-order valence-corrected chi connectivity index (χ3v) is 4.17. The number of allylic oxidation sites excluding steroid dienone is 3. The second-order valence-electron chi connectivity index (χ2n) is 4.76. The van der Waals surface area contributed by atoms with Crippen LogP contribution in [0.25, 0.3) is 0 Å². The van der Waals surface area contributed by atoms with Gasteiger partial charge in [0, 0.05) is 3.92 Å². The summed E-state index contributed by atoms with van der Waals surface area (Å²) in [5, 5.41) is 0. The van der Waals surface area contributed by atoms with Gasteiger partial charge in [0.25, 0.3) is 0 Å². The standard InChI is InChI=1S/C16H29I/c1-3-5-7-8-9-10-11-13-15-16(17)14-12-6-4-2/h4,6,12,16H,2-3,5,7-11,13-15H2,1H3. The first-order valence-electron chi connectivity index (χ1n) is 7.22. The third kappa shape index (κ3) is 14.1. The number of hydrogen-bond acceptors (Lipinski definition) is 0. The molecule has 17 heavy (non-hydrogen) atoms. The van der Waals surface area contributed by atoms with E-state index in [0.717, 1.165) is 3.92 Å². The molecule has 0 N–H and O–H groups in total. The minimum absolute atomic E-state index is 0.809. The van der Waals surface area contributed by atoms with Gasteiger partial charge in [0.2, 0.25) is 0 Å². The van der Waals surface area contributed by atoms with Gasteiger partial charge < -0.3 is 0 Å². The molecule has 0 aromatic heterocycles. The van der Waals surface area contributed by atoms with Crippen LogP contribution in [0.4, 0.5) is 0 Å². The molecule has 0 aliphatic heterocycles. The second-order valence-corrected chi connectivity index (χ2v) is 6.52. The maximum atomic E-state index is 3.69. The number of halogens is 1. The monoisotopic (exact) mass is 348 g/mol. The smallest absolute Gasteiger partial charge is 0.0144 e. The van der Waals surface area contributed by atoms with Gasteiger partial charge in [0.15, 0.2) is 0 Å². The summed E-state index contributed by atoms with van der Waals surface area (Å²) in [6.45, 7) is 5.96. The van der Waals surface area contributed by atoms with Crippen molar-refractivity contribution in [3.8, 4) is 0 Å². The Labute approximate surface area is 122 Å². The Morgan fingerprint density at radius 1 is 1.00 bits per heavy atom. The lowest BCUT2D eigenvalue weighted by Crippen LogP contribution is -1.95. The molecular formula is C16H29I. The molecule has 0 nitrogen and oxygen atoms in total. The normalized spacial score (nSPS) is 13.1. The van der Waals surface area contributed by atoms with Crippen LogP contribution in [0.2, 0.25) is 0 Å². The molecule has 1 heteroatoms. The molecule has 0 bridgehead atoms. The lowest BCUT2D eigenvalue weighted by atomic mass is 10.1. The van der Waals surface area contributed by atoms with Gasteiger partial charge in [-0.15, -0.1) is 0 Å². The molecule has 0 fully saturated rings. The van der Waals surface area contributed by atoms with E-state index in [1.807, 2.05) is 6.08 Å². The van der Waals surface area contributed by atoms with E-state index in [2.05, 4.69) is 48.2 Å². The van der Waals surface area contributed by atoms with E-state index in [9.17, 15) is 0 Å². The highest BCUT2D eigenvalue weighted by atomic mass is 127. The van der Waals surface area contributed by atoms with E-state index in [-0.39, 0.29) is 0 Å². The summed E-state index contributed by atoms with van der Waals surface area (Å²) in [6, 6.07) is 0. The van der Waals surface area contributed by atoms with E-state index >= 15 is 0 Å². The molecule has 0 saturated heterocycles. The third-order valence-electron chi connectivity index (χ3n) is 3.03. The summed E-state index contributed by atoms with van der Waals surface area (Å²) in [6.07, 6.45) is 20.1. The summed E-state index contributed by atoms with van der Waals surface area (Å²) in [5.74, 6) is 0. The Bertz CT molecular complexity index is 184. The molecule has 0 rings (SSSR count). The number of rotatable bonds is 12. The number of alkyl halides is 1. The van der Waals surface area contributed by atoms with Crippen LogP contribution < -0.4 is 0 Å². The highest BCUT2D eigenvalue weighted by Gasteiger charge is 2.00. The van der Waals surface area contributed by atoms with Gasteiger partial charge in [-0.1, -0.05) is 106 Å². The van der Waals surface area contributed by atoms with E-state index in [0.29, 0.717) is 0 Å². The van der Waals surface area contributed by atoms with Crippen LogP contribution in [0, 0.1) is 0 Å². The second kappa shape index (κ2) is 14.3. The first-order valence-corrected chi connectivity index (χ1v) is 8.47. The molecule has 0 aliphatic rings. The maximum absolute atomic E-state index is 3.69.